The topological polar surface area (TPSA) is 117 Å². The number of anilines is 2. The van der Waals surface area contributed by atoms with E-state index in [1.165, 1.54) is 0 Å². The Morgan fingerprint density at radius 2 is 1.75 bits per heavy atom. The minimum Gasteiger partial charge on any atom is -0.458 e. The van der Waals surface area contributed by atoms with E-state index in [2.05, 4.69) is 19.4 Å². The van der Waals surface area contributed by atoms with Crippen LogP contribution in [0.5, 0.6) is 6.01 Å². The maximum Gasteiger partial charge on any atom is 0.299 e. The van der Waals surface area contributed by atoms with Crippen molar-refractivity contribution in [2.24, 2.45) is 0 Å². The van der Waals surface area contributed by atoms with Gasteiger partial charge in [0.05, 0.1) is 18.8 Å². The monoisotopic (exact) mass is 380 g/mol. The summed E-state index contributed by atoms with van der Waals surface area (Å²) in [6, 6.07) is 0.647. The molecule has 2 N–H and O–H groups in total. The summed E-state index contributed by atoms with van der Waals surface area (Å²) in [5.41, 5.74) is 7.91. The van der Waals surface area contributed by atoms with Gasteiger partial charge in [0.25, 0.3) is 6.01 Å². The molecule has 28 heavy (non-hydrogen) atoms. The molecule has 0 aromatic carbocycles. The third-order valence-electron chi connectivity index (χ3n) is 5.69. The van der Waals surface area contributed by atoms with Crippen LogP contribution in [0.1, 0.15) is 19.3 Å². The zero-order valence-electron chi connectivity index (χ0n) is 15.3. The molecule has 1 saturated carbocycles. The molecule has 0 unspecified atom stereocenters. The molecule has 0 bridgehead atoms. The fraction of sp³-hybridized carbons (Fsp3) is 0.500. The highest BCUT2D eigenvalue weighted by molar-refractivity contribution is 5.87. The fourth-order valence-electron chi connectivity index (χ4n) is 3.88. The number of nitrogens with zero attached hydrogens (tertiary/aromatic N) is 7. The van der Waals surface area contributed by atoms with Gasteiger partial charge in [-0.1, -0.05) is 0 Å². The van der Waals surface area contributed by atoms with Gasteiger partial charge in [-0.15, -0.1) is 0 Å². The van der Waals surface area contributed by atoms with E-state index in [4.69, 9.17) is 30.2 Å². The van der Waals surface area contributed by atoms with E-state index in [0.29, 0.717) is 25.0 Å². The zero-order chi connectivity index (χ0) is 18.7. The van der Waals surface area contributed by atoms with Crippen LogP contribution in [0.2, 0.25) is 0 Å². The first-order chi connectivity index (χ1) is 13.7. The second kappa shape index (κ2) is 5.74. The Balaban J connectivity index is 1.54. The van der Waals surface area contributed by atoms with E-state index in [0.717, 1.165) is 61.4 Å². The number of aryl methyl sites for hydroxylation is 1. The van der Waals surface area contributed by atoms with Crippen LogP contribution in [-0.4, -0.2) is 61.4 Å². The molecule has 3 aromatic heterocycles. The summed E-state index contributed by atoms with van der Waals surface area (Å²) in [4.78, 5) is 24.8. The lowest BCUT2D eigenvalue weighted by atomic mass is 10.2. The number of hydrogen-bond donors (Lipinski definition) is 1. The molecule has 5 heterocycles. The molecule has 0 atom stereocenters. The summed E-state index contributed by atoms with van der Waals surface area (Å²) >= 11 is 0. The van der Waals surface area contributed by atoms with Gasteiger partial charge in [-0.25, -0.2) is 19.9 Å². The minimum absolute atomic E-state index is 0.00242. The second-order valence-corrected chi connectivity index (χ2v) is 7.55. The number of morpholine rings is 1. The Labute approximate surface area is 160 Å². The van der Waals surface area contributed by atoms with Gasteiger partial charge in [-0.3, -0.25) is 4.57 Å². The van der Waals surface area contributed by atoms with E-state index < -0.39 is 0 Å². The van der Waals surface area contributed by atoms with Crippen LogP contribution in [0.25, 0.3) is 22.6 Å². The van der Waals surface area contributed by atoms with Gasteiger partial charge < -0.3 is 20.1 Å². The highest BCUT2D eigenvalue weighted by Crippen LogP contribution is 2.47. The van der Waals surface area contributed by atoms with Crippen molar-refractivity contribution in [3.63, 3.8) is 0 Å². The largest absolute Gasteiger partial charge is 0.458 e. The Bertz CT molecular complexity index is 1050. The standard InChI is InChI=1S/C18H20N8O2/c19-16-20-9-11(10-21-16)13-23-14(25-5-7-27-8-6-25)12-15(24-13)26-4-3-18(1-2-18)28-17(26)22-12/h9-10H,1-8H2,(H2,19,20,21). The first kappa shape index (κ1) is 16.0. The van der Waals surface area contributed by atoms with Crippen LogP contribution in [0.3, 0.4) is 0 Å². The van der Waals surface area contributed by atoms with E-state index >= 15 is 0 Å². The quantitative estimate of drug-likeness (QED) is 0.695. The van der Waals surface area contributed by atoms with Crippen molar-refractivity contribution in [2.45, 2.75) is 31.4 Å². The van der Waals surface area contributed by atoms with Gasteiger partial charge in [0.2, 0.25) is 5.95 Å². The summed E-state index contributed by atoms with van der Waals surface area (Å²) in [5, 5.41) is 0. The molecule has 10 nitrogen and oxygen atoms in total. The highest BCUT2D eigenvalue weighted by Gasteiger charge is 2.48. The number of rotatable bonds is 2. The summed E-state index contributed by atoms with van der Waals surface area (Å²) in [6.07, 6.45) is 6.49. The number of imidazole rings is 1. The first-order valence-corrected chi connectivity index (χ1v) is 9.59. The normalized spacial score (nSPS) is 20.2. The predicted molar refractivity (Wildman–Crippen MR) is 101 cm³/mol. The number of nitrogen functional groups attached to an aromatic ring is 1. The Morgan fingerprint density at radius 3 is 2.50 bits per heavy atom. The van der Waals surface area contributed by atoms with Crippen LogP contribution in [0, 0.1) is 0 Å². The first-order valence-electron chi connectivity index (χ1n) is 9.59. The van der Waals surface area contributed by atoms with Gasteiger partial charge >= 0.3 is 0 Å². The van der Waals surface area contributed by atoms with Crippen molar-refractivity contribution in [1.82, 2.24) is 29.5 Å². The van der Waals surface area contributed by atoms with Crippen molar-refractivity contribution < 1.29 is 9.47 Å². The van der Waals surface area contributed by atoms with E-state index in [-0.39, 0.29) is 11.5 Å². The summed E-state index contributed by atoms with van der Waals surface area (Å²) in [7, 11) is 0. The number of ether oxygens (including phenoxy) is 2. The molecular weight excluding hydrogens is 360 g/mol. The van der Waals surface area contributed by atoms with E-state index in [1.807, 2.05) is 0 Å². The molecule has 1 saturated heterocycles. The fourth-order valence-corrected chi connectivity index (χ4v) is 3.88. The Kier molecular flexibility index (Phi) is 3.28. The van der Waals surface area contributed by atoms with Gasteiger partial charge in [0.15, 0.2) is 22.8 Å². The second-order valence-electron chi connectivity index (χ2n) is 7.55. The number of hydrogen-bond acceptors (Lipinski definition) is 9. The molecule has 3 aromatic rings. The molecule has 0 radical (unpaired) electrons. The molecular formula is C18H20N8O2. The van der Waals surface area contributed by atoms with Crippen LogP contribution >= 0.6 is 0 Å². The van der Waals surface area contributed by atoms with Gasteiger partial charge in [-0.05, 0) is 12.8 Å². The summed E-state index contributed by atoms with van der Waals surface area (Å²) < 4.78 is 13.8. The maximum absolute atomic E-state index is 6.22. The number of nitrogens with two attached hydrogens (primary N) is 1. The van der Waals surface area contributed by atoms with Crippen molar-refractivity contribution >= 4 is 22.9 Å². The van der Waals surface area contributed by atoms with Crippen molar-refractivity contribution in [3.8, 4) is 17.4 Å². The third kappa shape index (κ3) is 2.48. The Morgan fingerprint density at radius 1 is 0.964 bits per heavy atom. The van der Waals surface area contributed by atoms with Crippen molar-refractivity contribution in [2.75, 3.05) is 36.9 Å². The molecule has 3 aliphatic rings. The number of aromatic nitrogens is 6. The molecule has 1 spiro atoms. The van der Waals surface area contributed by atoms with Gasteiger partial charge in [0, 0.05) is 38.4 Å². The van der Waals surface area contributed by atoms with E-state index in [9.17, 15) is 0 Å². The third-order valence-corrected chi connectivity index (χ3v) is 5.69. The average Bonchev–Trinajstić information content (AvgIpc) is 3.37. The molecule has 10 heteroatoms. The van der Waals surface area contributed by atoms with E-state index in [1.54, 1.807) is 12.4 Å². The molecule has 1 aliphatic carbocycles. The molecule has 6 rings (SSSR count). The molecule has 2 aliphatic heterocycles. The average molecular weight is 380 g/mol. The van der Waals surface area contributed by atoms with Crippen LogP contribution in [0.15, 0.2) is 12.4 Å². The minimum atomic E-state index is -0.00242. The zero-order valence-corrected chi connectivity index (χ0v) is 15.3. The molecule has 2 fully saturated rings. The number of fused-ring (bicyclic) bond motifs is 3. The van der Waals surface area contributed by atoms with Crippen molar-refractivity contribution in [1.29, 1.82) is 0 Å². The predicted octanol–water partition coefficient (Wildman–Crippen LogP) is 1.02. The lowest BCUT2D eigenvalue weighted by molar-refractivity contribution is 0.112. The maximum atomic E-state index is 6.22. The van der Waals surface area contributed by atoms with Crippen LogP contribution < -0.4 is 15.4 Å². The smallest absolute Gasteiger partial charge is 0.299 e. The summed E-state index contributed by atoms with van der Waals surface area (Å²) in [5.74, 6) is 1.59. The van der Waals surface area contributed by atoms with Gasteiger partial charge in [0.1, 0.15) is 5.60 Å². The lowest BCUT2D eigenvalue weighted by Crippen LogP contribution is -2.37. The highest BCUT2D eigenvalue weighted by atomic mass is 16.5. The molecule has 144 valence electrons. The van der Waals surface area contributed by atoms with Crippen LogP contribution in [0.4, 0.5) is 11.8 Å². The Hall–Kier alpha value is -3.01. The van der Waals surface area contributed by atoms with Crippen LogP contribution in [-0.2, 0) is 11.3 Å². The van der Waals surface area contributed by atoms with Gasteiger partial charge in [-0.2, -0.15) is 4.98 Å². The SMILES string of the molecule is Nc1ncc(-c2nc(N3CCOCC3)c3nc4n(c3n2)CCC2(CC2)O4)cn1. The molecule has 0 amide bonds. The lowest BCUT2D eigenvalue weighted by Gasteiger charge is -2.28. The van der Waals surface area contributed by atoms with Crippen molar-refractivity contribution in [3.05, 3.63) is 12.4 Å². The summed E-state index contributed by atoms with van der Waals surface area (Å²) in [6.45, 7) is 3.70.